The number of hydrogen-bond acceptors (Lipinski definition) is 3. The number of nitro groups is 1. The molecule has 0 saturated heterocycles. The molecule has 1 aliphatic carbocycles. The molecule has 0 saturated carbocycles. The predicted molar refractivity (Wildman–Crippen MR) is 43.6 cm³/mol. The van der Waals surface area contributed by atoms with Gasteiger partial charge in [-0.3, -0.25) is 10.1 Å². The van der Waals surface area contributed by atoms with Crippen LogP contribution in [0.15, 0.2) is 23.9 Å². The Bertz CT molecular complexity index is 339. The first-order valence-electron chi connectivity index (χ1n) is 3.48. The van der Waals surface area contributed by atoms with Gasteiger partial charge in [0.05, 0.1) is 4.92 Å². The number of rotatable bonds is 2. The van der Waals surface area contributed by atoms with Crippen LogP contribution in [-0.2, 0) is 4.74 Å². The third kappa shape index (κ3) is 1.69. The second-order valence-electron chi connectivity index (χ2n) is 2.35. The average molecular weight is 181 g/mol. The Morgan fingerprint density at radius 2 is 2.46 bits per heavy atom. The Labute approximate surface area is 73.9 Å². The molecule has 0 N–H and O–H groups in total. The first-order chi connectivity index (χ1) is 6.20. The molecule has 0 aliphatic heterocycles. The summed E-state index contributed by atoms with van der Waals surface area (Å²) in [6.07, 6.45) is 3.29. The lowest BCUT2D eigenvalue weighted by Crippen LogP contribution is -2.30. The fourth-order valence-corrected chi connectivity index (χ4v) is 1.06. The van der Waals surface area contributed by atoms with Crippen molar-refractivity contribution in [1.82, 2.24) is 0 Å². The van der Waals surface area contributed by atoms with Gasteiger partial charge in [0, 0.05) is 19.3 Å². The van der Waals surface area contributed by atoms with Crippen LogP contribution in [0.3, 0.4) is 0 Å². The Balaban J connectivity index is 3.09. The van der Waals surface area contributed by atoms with Gasteiger partial charge in [-0.1, -0.05) is 0 Å². The largest absolute Gasteiger partial charge is 0.361 e. The highest BCUT2D eigenvalue weighted by molar-refractivity contribution is 5.97. The van der Waals surface area contributed by atoms with Gasteiger partial charge in [0.15, 0.2) is 0 Å². The minimum Gasteiger partial charge on any atom is -0.361 e. The molecule has 0 aromatic heterocycles. The third-order valence-electron chi connectivity index (χ3n) is 1.63. The van der Waals surface area contributed by atoms with E-state index in [1.165, 1.54) is 25.3 Å². The van der Waals surface area contributed by atoms with Crippen LogP contribution >= 0.6 is 0 Å². The monoisotopic (exact) mass is 181 g/mol. The molecule has 6 heteroatoms. The summed E-state index contributed by atoms with van der Waals surface area (Å²) in [7, 11) is 1.31. The van der Waals surface area contributed by atoms with Crippen LogP contribution in [0.25, 0.3) is 5.53 Å². The quantitative estimate of drug-likeness (QED) is 0.267. The first kappa shape index (κ1) is 9.31. The Morgan fingerprint density at radius 1 is 1.77 bits per heavy atom. The maximum atomic E-state index is 10.5. The summed E-state index contributed by atoms with van der Waals surface area (Å²) in [6.45, 7) is 0. The van der Waals surface area contributed by atoms with Gasteiger partial charge >= 0.3 is 5.71 Å². The van der Waals surface area contributed by atoms with E-state index in [0.29, 0.717) is 0 Å². The second-order valence-corrected chi connectivity index (χ2v) is 2.35. The van der Waals surface area contributed by atoms with Crippen molar-refractivity contribution in [3.05, 3.63) is 39.6 Å². The molecule has 1 aliphatic rings. The van der Waals surface area contributed by atoms with Gasteiger partial charge in [0.25, 0.3) is 5.70 Å². The highest BCUT2D eigenvalue weighted by atomic mass is 16.6. The molecule has 0 radical (unpaired) electrons. The van der Waals surface area contributed by atoms with Crippen molar-refractivity contribution < 1.29 is 14.5 Å². The minimum atomic E-state index is -0.898. The number of allylic oxidation sites excluding steroid dienone is 2. The van der Waals surface area contributed by atoms with Crippen molar-refractivity contribution >= 4 is 5.71 Å². The highest BCUT2D eigenvalue weighted by Gasteiger charge is 2.35. The molecule has 1 unspecified atom stereocenters. The van der Waals surface area contributed by atoms with Gasteiger partial charge in [-0.15, -0.1) is 0 Å². The van der Waals surface area contributed by atoms with E-state index in [1.807, 2.05) is 0 Å². The van der Waals surface area contributed by atoms with E-state index in [0.717, 1.165) is 0 Å². The zero-order valence-electron chi connectivity index (χ0n) is 6.88. The molecule has 1 rings (SSSR count). The van der Waals surface area contributed by atoms with Crippen LogP contribution in [0.1, 0.15) is 0 Å². The van der Waals surface area contributed by atoms with Crippen molar-refractivity contribution in [1.29, 1.82) is 0 Å². The fourth-order valence-electron chi connectivity index (χ4n) is 1.06. The molecule has 0 aromatic carbocycles. The van der Waals surface area contributed by atoms with Gasteiger partial charge in [0.1, 0.15) is 0 Å². The summed E-state index contributed by atoms with van der Waals surface area (Å²) in [5, 5.41) is 10.5. The standard InChI is InChI=1S/C7H7N3O3/c1-13-7-5(9-8)3-2-4-6(7)10(11)12/h2-4,7H,1H3. The van der Waals surface area contributed by atoms with E-state index in [9.17, 15) is 10.1 Å². The average Bonchev–Trinajstić information content (AvgIpc) is 2.16. The number of ether oxygens (including phenoxy) is 1. The number of nitrogens with zero attached hydrogens (tertiary/aromatic N) is 3. The third-order valence-corrected chi connectivity index (χ3v) is 1.63. The van der Waals surface area contributed by atoms with Gasteiger partial charge < -0.3 is 10.3 Å². The molecule has 0 amide bonds. The van der Waals surface area contributed by atoms with Crippen molar-refractivity contribution in [2.45, 2.75) is 6.10 Å². The van der Waals surface area contributed by atoms with Crippen LogP contribution in [0, 0.1) is 10.1 Å². The Kier molecular flexibility index (Phi) is 2.69. The summed E-state index contributed by atoms with van der Waals surface area (Å²) in [6, 6.07) is 0. The van der Waals surface area contributed by atoms with Gasteiger partial charge in [-0.05, 0) is 6.08 Å². The van der Waals surface area contributed by atoms with E-state index < -0.39 is 11.0 Å². The number of hydrogen-bond donors (Lipinski definition) is 0. The smallest absolute Gasteiger partial charge is 0.331 e. The van der Waals surface area contributed by atoms with Crippen molar-refractivity contribution in [3.8, 4) is 0 Å². The van der Waals surface area contributed by atoms with Crippen LogP contribution in [-0.4, -0.2) is 28.6 Å². The van der Waals surface area contributed by atoms with Gasteiger partial charge in [-0.25, -0.2) is 0 Å². The van der Waals surface area contributed by atoms with Crippen molar-refractivity contribution in [2.75, 3.05) is 7.11 Å². The Morgan fingerprint density at radius 3 is 2.92 bits per heavy atom. The lowest BCUT2D eigenvalue weighted by atomic mass is 10.1. The van der Waals surface area contributed by atoms with Crippen LogP contribution in [0.4, 0.5) is 0 Å². The van der Waals surface area contributed by atoms with Crippen molar-refractivity contribution in [3.63, 3.8) is 0 Å². The summed E-state index contributed by atoms with van der Waals surface area (Å²) < 4.78 is 4.82. The molecule has 68 valence electrons. The van der Waals surface area contributed by atoms with E-state index in [4.69, 9.17) is 10.3 Å². The van der Waals surface area contributed by atoms with E-state index >= 15 is 0 Å². The molecule has 0 spiro atoms. The van der Waals surface area contributed by atoms with E-state index in [1.54, 1.807) is 0 Å². The lowest BCUT2D eigenvalue weighted by molar-refractivity contribution is -0.434. The Hall–Kier alpha value is -1.78. The molecular weight excluding hydrogens is 174 g/mol. The summed E-state index contributed by atoms with van der Waals surface area (Å²) in [5.74, 6) is 0. The maximum Gasteiger partial charge on any atom is 0.331 e. The topological polar surface area (TPSA) is 88.8 Å². The predicted octanol–water partition coefficient (Wildman–Crippen LogP) is 0.403. The minimum absolute atomic E-state index is 0.122. The second kappa shape index (κ2) is 3.75. The van der Waals surface area contributed by atoms with Crippen LogP contribution in [0.5, 0.6) is 0 Å². The summed E-state index contributed by atoms with van der Waals surface area (Å²) in [5.41, 5.74) is 8.48. The van der Waals surface area contributed by atoms with Crippen LogP contribution < -0.4 is 0 Å². The zero-order valence-corrected chi connectivity index (χ0v) is 6.88. The SMILES string of the molecule is COC1C([N+](=O)[O-])=CC=CC1=[N+]=[N-]. The molecule has 6 nitrogen and oxygen atoms in total. The molecule has 0 aromatic rings. The molecule has 13 heavy (non-hydrogen) atoms. The van der Waals surface area contributed by atoms with Crippen molar-refractivity contribution in [2.24, 2.45) is 0 Å². The maximum absolute atomic E-state index is 10.5. The lowest BCUT2D eigenvalue weighted by Gasteiger charge is -2.08. The molecule has 1 atom stereocenters. The van der Waals surface area contributed by atoms with E-state index in [-0.39, 0.29) is 11.4 Å². The molecule has 0 bridgehead atoms. The van der Waals surface area contributed by atoms with Gasteiger partial charge in [0.2, 0.25) is 6.10 Å². The summed E-state index contributed by atoms with van der Waals surface area (Å²) in [4.78, 5) is 12.8. The zero-order chi connectivity index (χ0) is 9.84. The fraction of sp³-hybridized carbons (Fsp3) is 0.286. The molecule has 0 heterocycles. The first-order valence-corrected chi connectivity index (χ1v) is 3.48. The van der Waals surface area contributed by atoms with Crippen LogP contribution in [0.2, 0.25) is 0 Å². The highest BCUT2D eigenvalue weighted by Crippen LogP contribution is 2.13. The summed E-state index contributed by atoms with van der Waals surface area (Å²) >= 11 is 0. The van der Waals surface area contributed by atoms with E-state index in [2.05, 4.69) is 4.79 Å². The number of methoxy groups -OCH3 is 1. The molecule has 0 fully saturated rings. The normalized spacial score (nSPS) is 20.8. The molecular formula is C7H7N3O3. The van der Waals surface area contributed by atoms with Gasteiger partial charge in [-0.2, -0.15) is 4.79 Å².